The molecular formula is C16H22FNO3. The third-order valence-electron chi connectivity index (χ3n) is 4.19. The van der Waals surface area contributed by atoms with Gasteiger partial charge in [-0.15, -0.1) is 0 Å². The van der Waals surface area contributed by atoms with Gasteiger partial charge in [-0.2, -0.15) is 0 Å². The van der Waals surface area contributed by atoms with Crippen LogP contribution in [0.25, 0.3) is 0 Å². The fourth-order valence-corrected chi connectivity index (χ4v) is 3.25. The van der Waals surface area contributed by atoms with Gasteiger partial charge in [-0.25, -0.2) is 9.18 Å². The number of hydrogen-bond donors (Lipinski definition) is 2. The first-order valence-corrected chi connectivity index (χ1v) is 7.49. The number of nitrogens with zero attached hydrogens (tertiary/aromatic N) is 1. The first kappa shape index (κ1) is 15.8. The topological polar surface area (TPSA) is 60.8 Å². The van der Waals surface area contributed by atoms with Crippen LogP contribution in [0.2, 0.25) is 0 Å². The minimum Gasteiger partial charge on any atom is -0.465 e. The number of piperidine rings is 1. The van der Waals surface area contributed by atoms with Crippen molar-refractivity contribution < 1.29 is 19.4 Å². The molecule has 0 aromatic heterocycles. The van der Waals surface area contributed by atoms with Gasteiger partial charge in [0.05, 0.1) is 12.1 Å². The lowest BCUT2D eigenvalue weighted by Gasteiger charge is -2.42. The van der Waals surface area contributed by atoms with Crippen molar-refractivity contribution in [3.8, 4) is 0 Å². The Hall–Kier alpha value is -1.62. The summed E-state index contributed by atoms with van der Waals surface area (Å²) in [7, 11) is 0. The molecule has 3 atom stereocenters. The normalized spacial score (nSPS) is 23.9. The highest BCUT2D eigenvalue weighted by molar-refractivity contribution is 5.66. The molecule has 0 unspecified atom stereocenters. The van der Waals surface area contributed by atoms with Crippen LogP contribution in [0.4, 0.5) is 9.18 Å². The Morgan fingerprint density at radius 3 is 2.86 bits per heavy atom. The molecule has 4 nitrogen and oxygen atoms in total. The van der Waals surface area contributed by atoms with Crippen molar-refractivity contribution >= 4 is 6.09 Å². The van der Waals surface area contributed by atoms with E-state index in [-0.39, 0.29) is 6.04 Å². The number of rotatable bonds is 4. The van der Waals surface area contributed by atoms with Gasteiger partial charge in [-0.05, 0) is 43.4 Å². The van der Waals surface area contributed by atoms with Crippen molar-refractivity contribution in [2.75, 3.05) is 0 Å². The van der Waals surface area contributed by atoms with Gasteiger partial charge in [0.1, 0.15) is 5.82 Å². The lowest BCUT2D eigenvalue weighted by Crippen LogP contribution is -2.51. The number of halogens is 1. The fourth-order valence-electron chi connectivity index (χ4n) is 3.25. The van der Waals surface area contributed by atoms with E-state index in [1.807, 2.05) is 6.92 Å². The Bertz CT molecular complexity index is 492. The summed E-state index contributed by atoms with van der Waals surface area (Å²) in [4.78, 5) is 13.0. The van der Waals surface area contributed by atoms with Crippen molar-refractivity contribution in [1.82, 2.24) is 4.90 Å². The lowest BCUT2D eigenvalue weighted by atomic mass is 9.88. The number of amides is 1. The summed E-state index contributed by atoms with van der Waals surface area (Å²) < 4.78 is 13.3. The summed E-state index contributed by atoms with van der Waals surface area (Å²) >= 11 is 0. The van der Waals surface area contributed by atoms with E-state index in [2.05, 4.69) is 0 Å². The summed E-state index contributed by atoms with van der Waals surface area (Å²) in [6.07, 6.45) is 2.00. The molecule has 1 amide bonds. The summed E-state index contributed by atoms with van der Waals surface area (Å²) in [6, 6.07) is 5.19. The average molecular weight is 295 g/mol. The molecular weight excluding hydrogens is 273 g/mol. The quantitative estimate of drug-likeness (QED) is 0.893. The van der Waals surface area contributed by atoms with E-state index in [4.69, 9.17) is 0 Å². The third kappa shape index (κ3) is 3.53. The average Bonchev–Trinajstić information content (AvgIpc) is 2.46. The number of aliphatic hydroxyl groups excluding tert-OH is 1. The molecule has 0 radical (unpaired) electrons. The van der Waals surface area contributed by atoms with E-state index in [1.165, 1.54) is 23.1 Å². The Balaban J connectivity index is 2.24. The highest BCUT2D eigenvalue weighted by Crippen LogP contribution is 2.33. The summed E-state index contributed by atoms with van der Waals surface area (Å²) in [5.41, 5.74) is 0.434. The first-order valence-electron chi connectivity index (χ1n) is 7.49. The van der Waals surface area contributed by atoms with Gasteiger partial charge in [0.25, 0.3) is 0 Å². The van der Waals surface area contributed by atoms with E-state index < -0.39 is 24.1 Å². The number of aliphatic hydroxyl groups is 1. The maximum Gasteiger partial charge on any atom is 0.407 e. The molecule has 0 saturated carbocycles. The summed E-state index contributed by atoms with van der Waals surface area (Å²) in [5.74, 6) is -0.422. The van der Waals surface area contributed by atoms with Gasteiger partial charge in [-0.1, -0.05) is 25.5 Å². The van der Waals surface area contributed by atoms with Gasteiger partial charge in [0, 0.05) is 6.04 Å². The molecule has 2 N–H and O–H groups in total. The smallest absolute Gasteiger partial charge is 0.407 e. The highest BCUT2D eigenvalue weighted by Gasteiger charge is 2.38. The standard InChI is InChI=1S/C16H22FNO3/c1-2-5-13-8-4-9-14(18(13)16(20)21)15(19)11-6-3-7-12(17)10-11/h3,6-7,10,13-15,19H,2,4-5,8-9H2,1H3,(H,20,21)/t13-,14-,15-/m1/s1. The van der Waals surface area contributed by atoms with Crippen LogP contribution in [-0.2, 0) is 0 Å². The van der Waals surface area contributed by atoms with E-state index >= 15 is 0 Å². The molecule has 0 aliphatic carbocycles. The molecule has 0 bridgehead atoms. The minimum atomic E-state index is -1.01. The van der Waals surface area contributed by atoms with E-state index in [9.17, 15) is 19.4 Å². The zero-order chi connectivity index (χ0) is 15.4. The van der Waals surface area contributed by atoms with Crippen LogP contribution in [0.3, 0.4) is 0 Å². The molecule has 1 aliphatic rings. The van der Waals surface area contributed by atoms with Crippen LogP contribution in [0.5, 0.6) is 0 Å². The zero-order valence-corrected chi connectivity index (χ0v) is 12.2. The number of carbonyl (C=O) groups is 1. The van der Waals surface area contributed by atoms with Crippen molar-refractivity contribution in [3.63, 3.8) is 0 Å². The van der Waals surface area contributed by atoms with Crippen LogP contribution >= 0.6 is 0 Å². The molecule has 1 aliphatic heterocycles. The Kier molecular flexibility index (Phi) is 5.17. The molecule has 1 saturated heterocycles. The van der Waals surface area contributed by atoms with Crippen LogP contribution in [-0.4, -0.2) is 33.3 Å². The molecule has 1 fully saturated rings. The van der Waals surface area contributed by atoms with Crippen LogP contribution in [0, 0.1) is 5.82 Å². The minimum absolute atomic E-state index is 0.0607. The molecule has 5 heteroatoms. The molecule has 1 aromatic carbocycles. The van der Waals surface area contributed by atoms with Gasteiger partial charge >= 0.3 is 6.09 Å². The van der Waals surface area contributed by atoms with Crippen molar-refractivity contribution in [2.45, 2.75) is 57.2 Å². The maximum absolute atomic E-state index is 13.3. The molecule has 116 valence electrons. The predicted molar refractivity (Wildman–Crippen MR) is 77.6 cm³/mol. The number of benzene rings is 1. The number of likely N-dealkylation sites (tertiary alicyclic amines) is 1. The highest BCUT2D eigenvalue weighted by atomic mass is 19.1. The van der Waals surface area contributed by atoms with E-state index in [0.717, 1.165) is 25.7 Å². The van der Waals surface area contributed by atoms with Crippen LogP contribution in [0.1, 0.15) is 50.7 Å². The first-order chi connectivity index (χ1) is 10.0. The zero-order valence-electron chi connectivity index (χ0n) is 12.2. The molecule has 0 spiro atoms. The van der Waals surface area contributed by atoms with Gasteiger partial charge in [-0.3, -0.25) is 4.90 Å². The van der Waals surface area contributed by atoms with Crippen molar-refractivity contribution in [2.24, 2.45) is 0 Å². The molecule has 21 heavy (non-hydrogen) atoms. The monoisotopic (exact) mass is 295 g/mol. The number of carboxylic acid groups (broad SMARTS) is 1. The third-order valence-corrected chi connectivity index (χ3v) is 4.19. The molecule has 1 aromatic rings. The van der Waals surface area contributed by atoms with Gasteiger partial charge < -0.3 is 10.2 Å². The Morgan fingerprint density at radius 2 is 2.24 bits per heavy atom. The second kappa shape index (κ2) is 6.89. The Morgan fingerprint density at radius 1 is 1.48 bits per heavy atom. The lowest BCUT2D eigenvalue weighted by molar-refractivity contribution is 0.000219. The predicted octanol–water partition coefficient (Wildman–Crippen LogP) is 3.56. The summed E-state index contributed by atoms with van der Waals surface area (Å²) in [5, 5.41) is 20.0. The summed E-state index contributed by atoms with van der Waals surface area (Å²) in [6.45, 7) is 2.02. The van der Waals surface area contributed by atoms with E-state index in [1.54, 1.807) is 6.07 Å². The van der Waals surface area contributed by atoms with E-state index in [0.29, 0.717) is 12.0 Å². The van der Waals surface area contributed by atoms with Crippen molar-refractivity contribution in [1.29, 1.82) is 0 Å². The van der Waals surface area contributed by atoms with Crippen molar-refractivity contribution in [3.05, 3.63) is 35.6 Å². The largest absolute Gasteiger partial charge is 0.465 e. The van der Waals surface area contributed by atoms with Gasteiger partial charge in [0.2, 0.25) is 0 Å². The fraction of sp³-hybridized carbons (Fsp3) is 0.562. The van der Waals surface area contributed by atoms with Crippen LogP contribution < -0.4 is 0 Å². The molecule has 1 heterocycles. The molecule has 2 rings (SSSR count). The SMILES string of the molecule is CCC[C@@H]1CCC[C@H]([C@H](O)c2cccc(F)c2)N1C(=O)O. The van der Waals surface area contributed by atoms with Crippen LogP contribution in [0.15, 0.2) is 24.3 Å². The van der Waals surface area contributed by atoms with Gasteiger partial charge in [0.15, 0.2) is 0 Å². The second-order valence-electron chi connectivity index (χ2n) is 5.63. The maximum atomic E-state index is 13.3. The second-order valence-corrected chi connectivity index (χ2v) is 5.63. The Labute approximate surface area is 124 Å². The number of hydrogen-bond acceptors (Lipinski definition) is 2.